The number of fused-ring (bicyclic) bond motifs is 2. The summed E-state index contributed by atoms with van der Waals surface area (Å²) < 4.78 is 48.8. The van der Waals surface area contributed by atoms with Gasteiger partial charge in [-0.15, -0.1) is 0 Å². The molecule has 0 saturated carbocycles. The van der Waals surface area contributed by atoms with Crippen LogP contribution in [-0.4, -0.2) is 13.0 Å². The van der Waals surface area contributed by atoms with Crippen LogP contribution in [0.5, 0.6) is 17.2 Å². The van der Waals surface area contributed by atoms with E-state index in [1.54, 1.807) is 6.07 Å². The fourth-order valence-corrected chi connectivity index (χ4v) is 2.10. The minimum absolute atomic E-state index is 0.0324. The number of rotatable bonds is 1. The molecule has 7 heteroatoms. The fourth-order valence-electron chi connectivity index (χ4n) is 2.10. The van der Waals surface area contributed by atoms with E-state index >= 15 is 0 Å². The van der Waals surface area contributed by atoms with E-state index in [0.717, 1.165) is 12.1 Å². The van der Waals surface area contributed by atoms with E-state index in [9.17, 15) is 18.0 Å². The van der Waals surface area contributed by atoms with Gasteiger partial charge in [0.05, 0.1) is 23.9 Å². The van der Waals surface area contributed by atoms with Gasteiger partial charge in [0, 0.05) is 6.07 Å². The lowest BCUT2D eigenvalue weighted by atomic mass is 10.1. The van der Waals surface area contributed by atoms with Crippen molar-refractivity contribution < 1.29 is 27.4 Å². The van der Waals surface area contributed by atoms with Crippen molar-refractivity contribution in [2.24, 2.45) is 0 Å². The van der Waals surface area contributed by atoms with Crippen molar-refractivity contribution in [1.82, 2.24) is 0 Å². The van der Waals surface area contributed by atoms with Crippen molar-refractivity contribution in [3.63, 3.8) is 0 Å². The monoisotopic (exact) mass is 309 g/mol. The molecule has 0 aliphatic carbocycles. The first-order valence-corrected chi connectivity index (χ1v) is 6.27. The molecule has 0 aromatic heterocycles. The van der Waals surface area contributed by atoms with Crippen LogP contribution < -0.4 is 14.8 Å². The third-order valence-electron chi connectivity index (χ3n) is 3.21. The summed E-state index contributed by atoms with van der Waals surface area (Å²) in [5, 5.41) is 2.42. The van der Waals surface area contributed by atoms with Crippen molar-refractivity contribution in [2.75, 3.05) is 12.4 Å². The summed E-state index contributed by atoms with van der Waals surface area (Å²) in [6, 6.07) is 7.47. The topological polar surface area (TPSA) is 47.6 Å². The highest BCUT2D eigenvalue weighted by Crippen LogP contribution is 2.40. The van der Waals surface area contributed by atoms with Gasteiger partial charge in [-0.2, -0.15) is 13.2 Å². The zero-order valence-electron chi connectivity index (χ0n) is 11.3. The molecule has 1 heterocycles. The number of alkyl halides is 3. The fraction of sp³-hybridized carbons (Fsp3) is 0.133. The molecule has 4 nitrogen and oxygen atoms in total. The molecular formula is C15H10F3NO3. The van der Waals surface area contributed by atoms with E-state index in [1.165, 1.54) is 25.3 Å². The average Bonchev–Trinajstić information content (AvgIpc) is 2.60. The number of hydrogen-bond acceptors (Lipinski definition) is 3. The van der Waals surface area contributed by atoms with Crippen molar-refractivity contribution >= 4 is 11.6 Å². The minimum Gasteiger partial charge on any atom is -0.497 e. The number of methoxy groups -OCH3 is 1. The molecule has 1 amide bonds. The normalized spacial score (nSPS) is 13.4. The van der Waals surface area contributed by atoms with Gasteiger partial charge >= 0.3 is 6.18 Å². The number of amides is 1. The number of carbonyl (C=O) groups excluding carboxylic acids is 1. The summed E-state index contributed by atoms with van der Waals surface area (Å²) in [7, 11) is 1.46. The first kappa shape index (κ1) is 14.2. The summed E-state index contributed by atoms with van der Waals surface area (Å²) in [5.74, 6) is 0.279. The molecule has 0 radical (unpaired) electrons. The second kappa shape index (κ2) is 4.94. The Morgan fingerprint density at radius 3 is 2.55 bits per heavy atom. The smallest absolute Gasteiger partial charge is 0.416 e. The van der Waals surface area contributed by atoms with Crippen LogP contribution in [0.15, 0.2) is 36.4 Å². The molecule has 3 rings (SSSR count). The molecule has 0 saturated heterocycles. The Bertz CT molecular complexity index is 756. The summed E-state index contributed by atoms with van der Waals surface area (Å²) >= 11 is 0. The van der Waals surface area contributed by atoms with Gasteiger partial charge in [-0.05, 0) is 30.3 Å². The highest BCUT2D eigenvalue weighted by molar-refractivity contribution is 6.08. The Labute approximate surface area is 123 Å². The Kier molecular flexibility index (Phi) is 3.20. The second-order valence-electron chi connectivity index (χ2n) is 4.63. The van der Waals surface area contributed by atoms with Crippen LogP contribution in [0.25, 0.3) is 0 Å². The first-order valence-electron chi connectivity index (χ1n) is 6.27. The number of benzene rings is 2. The number of nitrogens with one attached hydrogen (secondary N) is 1. The molecule has 0 fully saturated rings. The van der Waals surface area contributed by atoms with Crippen LogP contribution >= 0.6 is 0 Å². The Morgan fingerprint density at radius 2 is 1.86 bits per heavy atom. The molecule has 22 heavy (non-hydrogen) atoms. The van der Waals surface area contributed by atoms with Gasteiger partial charge in [-0.3, -0.25) is 4.79 Å². The quantitative estimate of drug-likeness (QED) is 0.863. The van der Waals surface area contributed by atoms with Gasteiger partial charge in [0.15, 0.2) is 5.75 Å². The zero-order chi connectivity index (χ0) is 15.9. The highest BCUT2D eigenvalue weighted by Gasteiger charge is 2.32. The second-order valence-corrected chi connectivity index (χ2v) is 4.63. The Balaban J connectivity index is 2.08. The molecule has 1 aliphatic rings. The average molecular weight is 309 g/mol. The minimum atomic E-state index is -4.50. The van der Waals surface area contributed by atoms with Crippen LogP contribution in [0.4, 0.5) is 18.9 Å². The Morgan fingerprint density at radius 1 is 1.09 bits per heavy atom. The predicted molar refractivity (Wildman–Crippen MR) is 72.5 cm³/mol. The number of ether oxygens (including phenoxy) is 2. The van der Waals surface area contributed by atoms with Gasteiger partial charge in [-0.25, -0.2) is 0 Å². The maximum Gasteiger partial charge on any atom is 0.416 e. The van der Waals surface area contributed by atoms with Crippen molar-refractivity contribution in [2.45, 2.75) is 6.18 Å². The van der Waals surface area contributed by atoms with Crippen LogP contribution in [0, 0.1) is 0 Å². The third kappa shape index (κ3) is 2.45. The third-order valence-corrected chi connectivity index (χ3v) is 3.21. The summed E-state index contributed by atoms with van der Waals surface area (Å²) in [5.41, 5.74) is -0.681. The lowest BCUT2D eigenvalue weighted by Gasteiger charge is -2.11. The van der Waals surface area contributed by atoms with Crippen LogP contribution in [0.3, 0.4) is 0 Å². The van der Waals surface area contributed by atoms with E-state index in [2.05, 4.69) is 5.32 Å². The molecule has 0 unspecified atom stereocenters. The van der Waals surface area contributed by atoms with E-state index < -0.39 is 17.6 Å². The summed E-state index contributed by atoms with van der Waals surface area (Å²) in [6.07, 6.45) is -4.50. The first-order chi connectivity index (χ1) is 10.4. The van der Waals surface area contributed by atoms with E-state index in [0.29, 0.717) is 5.75 Å². The molecule has 1 N–H and O–H groups in total. The van der Waals surface area contributed by atoms with Crippen LogP contribution in [0.1, 0.15) is 15.9 Å². The largest absolute Gasteiger partial charge is 0.497 e. The molecule has 1 aliphatic heterocycles. The maximum absolute atomic E-state index is 12.7. The predicted octanol–water partition coefficient (Wildman–Crippen LogP) is 4.07. The molecule has 0 atom stereocenters. The van der Waals surface area contributed by atoms with Crippen molar-refractivity contribution in [3.8, 4) is 17.2 Å². The number of carbonyl (C=O) groups is 1. The van der Waals surface area contributed by atoms with Gasteiger partial charge in [0.1, 0.15) is 11.5 Å². The van der Waals surface area contributed by atoms with Gasteiger partial charge in [0.25, 0.3) is 5.91 Å². The SMILES string of the molecule is COc1ccc2c(c1)Oc1ccc(C(F)(F)F)cc1NC2=O. The van der Waals surface area contributed by atoms with E-state index in [4.69, 9.17) is 9.47 Å². The molecule has 2 aromatic rings. The van der Waals surface area contributed by atoms with E-state index in [1.807, 2.05) is 0 Å². The summed E-state index contributed by atoms with van der Waals surface area (Å²) in [4.78, 5) is 12.1. The van der Waals surface area contributed by atoms with Crippen LogP contribution in [-0.2, 0) is 6.18 Å². The van der Waals surface area contributed by atoms with E-state index in [-0.39, 0.29) is 22.7 Å². The lowest BCUT2D eigenvalue weighted by Crippen LogP contribution is -2.11. The number of halogens is 3. The summed E-state index contributed by atoms with van der Waals surface area (Å²) in [6.45, 7) is 0. The highest BCUT2D eigenvalue weighted by atomic mass is 19.4. The van der Waals surface area contributed by atoms with Gasteiger partial charge in [-0.1, -0.05) is 0 Å². The molecule has 0 spiro atoms. The standard InChI is InChI=1S/C15H10F3NO3/c1-21-9-3-4-10-13(7-9)22-12-5-2-8(15(16,17)18)6-11(12)19-14(10)20/h2-7H,1H3,(H,19,20). The molecule has 114 valence electrons. The Hall–Kier alpha value is -2.70. The lowest BCUT2D eigenvalue weighted by molar-refractivity contribution is -0.137. The van der Waals surface area contributed by atoms with Crippen molar-refractivity contribution in [3.05, 3.63) is 47.5 Å². The molecule has 2 aromatic carbocycles. The van der Waals surface area contributed by atoms with Crippen LogP contribution in [0.2, 0.25) is 0 Å². The zero-order valence-corrected chi connectivity index (χ0v) is 11.3. The van der Waals surface area contributed by atoms with Gasteiger partial charge < -0.3 is 14.8 Å². The van der Waals surface area contributed by atoms with Gasteiger partial charge in [0.2, 0.25) is 0 Å². The number of anilines is 1. The molecular weight excluding hydrogens is 299 g/mol. The molecule has 0 bridgehead atoms. The number of hydrogen-bond donors (Lipinski definition) is 1. The maximum atomic E-state index is 12.7. The van der Waals surface area contributed by atoms with Crippen molar-refractivity contribution in [1.29, 1.82) is 0 Å².